The van der Waals surface area contributed by atoms with Crippen molar-refractivity contribution < 1.29 is 19.4 Å². The molecule has 0 spiro atoms. The number of methoxy groups -OCH3 is 1. The van der Waals surface area contributed by atoms with Crippen molar-refractivity contribution in [2.75, 3.05) is 7.11 Å². The van der Waals surface area contributed by atoms with Crippen molar-refractivity contribution in [2.24, 2.45) is 0 Å². The second-order valence-electron chi connectivity index (χ2n) is 8.16. The van der Waals surface area contributed by atoms with Gasteiger partial charge in [0.2, 0.25) is 4.96 Å². The molecule has 0 bridgehead atoms. The molecule has 2 aromatic carbocycles. The fourth-order valence-electron chi connectivity index (χ4n) is 3.80. The van der Waals surface area contributed by atoms with Crippen molar-refractivity contribution in [1.82, 2.24) is 24.6 Å². The van der Waals surface area contributed by atoms with Gasteiger partial charge in [-0.25, -0.2) is 24.3 Å². The third kappa shape index (κ3) is 4.43. The molecule has 0 radical (unpaired) electrons. The van der Waals surface area contributed by atoms with E-state index in [-0.39, 0.29) is 12.2 Å². The van der Waals surface area contributed by atoms with Crippen LogP contribution < -0.4 is 9.47 Å². The summed E-state index contributed by atoms with van der Waals surface area (Å²) in [5, 5.41) is 16.1. The number of hydrogen-bond donors (Lipinski definition) is 1. The number of aryl methyl sites for hydroxylation is 2. The lowest BCUT2D eigenvalue weighted by Gasteiger charge is -2.08. The van der Waals surface area contributed by atoms with Crippen molar-refractivity contribution in [2.45, 2.75) is 20.5 Å². The van der Waals surface area contributed by atoms with Gasteiger partial charge in [-0.2, -0.15) is 5.10 Å². The first-order valence-electron chi connectivity index (χ1n) is 11.1. The van der Waals surface area contributed by atoms with Crippen molar-refractivity contribution in [3.8, 4) is 32.8 Å². The average Bonchev–Trinajstić information content (AvgIpc) is 3.64. The average molecular weight is 550 g/mol. The molecule has 0 atom stereocenters. The summed E-state index contributed by atoms with van der Waals surface area (Å²) in [4.78, 5) is 27.2. The molecule has 0 aliphatic heterocycles. The highest BCUT2D eigenvalue weighted by Gasteiger charge is 2.18. The Labute approximate surface area is 222 Å². The van der Waals surface area contributed by atoms with E-state index in [1.54, 1.807) is 47.2 Å². The van der Waals surface area contributed by atoms with Gasteiger partial charge in [0, 0.05) is 22.6 Å². The third-order valence-corrected chi connectivity index (χ3v) is 8.67. The molecule has 0 fully saturated rings. The van der Waals surface area contributed by atoms with Crippen molar-refractivity contribution in [3.63, 3.8) is 0 Å². The van der Waals surface area contributed by atoms with Crippen LogP contribution in [0.1, 0.15) is 25.9 Å². The largest absolute Gasteiger partial charge is 0.497 e. The Bertz CT molecular complexity index is 1750. The van der Waals surface area contributed by atoms with E-state index < -0.39 is 5.97 Å². The molecule has 4 heterocycles. The number of aromatic nitrogens is 5. The highest BCUT2D eigenvalue weighted by Crippen LogP contribution is 2.39. The van der Waals surface area contributed by atoms with Crippen molar-refractivity contribution >= 4 is 55.2 Å². The molecule has 4 aromatic heterocycles. The molecule has 37 heavy (non-hydrogen) atoms. The number of carbonyl (C=O) groups is 1. The summed E-state index contributed by atoms with van der Waals surface area (Å²) in [6.07, 6.45) is 1.89. The minimum atomic E-state index is -0.953. The number of benzene rings is 2. The van der Waals surface area contributed by atoms with E-state index in [1.165, 1.54) is 22.7 Å². The second-order valence-corrected chi connectivity index (χ2v) is 11.5. The minimum Gasteiger partial charge on any atom is -0.497 e. The van der Waals surface area contributed by atoms with Gasteiger partial charge in [0.1, 0.15) is 38.8 Å². The molecule has 6 rings (SSSR count). The van der Waals surface area contributed by atoms with Gasteiger partial charge in [0.05, 0.1) is 34.8 Å². The van der Waals surface area contributed by atoms with E-state index in [9.17, 15) is 4.79 Å². The molecule has 0 saturated carbocycles. The molecule has 0 amide bonds. The smallest absolute Gasteiger partial charge is 0.335 e. The number of thiazole rings is 2. The molecule has 186 valence electrons. The molecule has 0 unspecified atom stereocenters. The number of carboxylic acids is 1. The normalized spacial score (nSPS) is 11.4. The Kier molecular flexibility index (Phi) is 5.86. The van der Waals surface area contributed by atoms with Gasteiger partial charge in [-0.1, -0.05) is 23.5 Å². The van der Waals surface area contributed by atoms with E-state index in [0.29, 0.717) is 11.5 Å². The minimum absolute atomic E-state index is 0.244. The SMILES string of the molecule is COc1cc(OCc2nc(-c3ccc(C(=O)O)cc3)sc2C)c2sc(-c3cn4nc(C)sc4n3)nc2c1. The molecule has 6 aromatic rings. The molecule has 9 nitrogen and oxygen atoms in total. The van der Waals surface area contributed by atoms with Crippen LogP contribution in [0.2, 0.25) is 0 Å². The van der Waals surface area contributed by atoms with Gasteiger partial charge < -0.3 is 14.6 Å². The summed E-state index contributed by atoms with van der Waals surface area (Å²) in [6, 6.07) is 10.4. The number of hydrogen-bond acceptors (Lipinski definition) is 10. The number of carboxylic acid groups (broad SMARTS) is 1. The molecular formula is C25H19N5O4S3. The van der Waals surface area contributed by atoms with Crippen molar-refractivity contribution in [1.29, 1.82) is 0 Å². The summed E-state index contributed by atoms with van der Waals surface area (Å²) in [5.41, 5.74) is 3.46. The summed E-state index contributed by atoms with van der Waals surface area (Å²) in [7, 11) is 1.61. The van der Waals surface area contributed by atoms with Gasteiger partial charge in [-0.15, -0.1) is 22.7 Å². The Morgan fingerprint density at radius 3 is 2.57 bits per heavy atom. The van der Waals surface area contributed by atoms with Crippen LogP contribution in [0.4, 0.5) is 0 Å². The van der Waals surface area contributed by atoms with Gasteiger partial charge in [0.15, 0.2) is 0 Å². The first-order chi connectivity index (χ1) is 17.9. The Morgan fingerprint density at radius 2 is 1.84 bits per heavy atom. The quantitative estimate of drug-likeness (QED) is 0.254. The predicted octanol–water partition coefficient (Wildman–Crippen LogP) is 6.09. The van der Waals surface area contributed by atoms with Crippen molar-refractivity contribution in [3.05, 3.63) is 63.7 Å². The van der Waals surface area contributed by atoms with Gasteiger partial charge in [0.25, 0.3) is 0 Å². The molecule has 0 aliphatic carbocycles. The first kappa shape index (κ1) is 23.5. The molecule has 0 aliphatic rings. The highest BCUT2D eigenvalue weighted by atomic mass is 32.1. The van der Waals surface area contributed by atoms with Crippen LogP contribution in [0.25, 0.3) is 36.5 Å². The second kappa shape index (κ2) is 9.21. The van der Waals surface area contributed by atoms with Crippen LogP contribution in [0.15, 0.2) is 42.6 Å². The topological polar surface area (TPSA) is 112 Å². The van der Waals surface area contributed by atoms with Gasteiger partial charge in [-0.05, 0) is 26.0 Å². The third-order valence-electron chi connectivity index (χ3n) is 5.66. The fourth-order valence-corrected chi connectivity index (χ4v) is 6.42. The maximum atomic E-state index is 11.1. The summed E-state index contributed by atoms with van der Waals surface area (Å²) < 4.78 is 14.4. The maximum Gasteiger partial charge on any atom is 0.335 e. The monoisotopic (exact) mass is 549 g/mol. The van der Waals surface area contributed by atoms with E-state index in [0.717, 1.165) is 52.0 Å². The molecular weight excluding hydrogens is 531 g/mol. The zero-order valence-corrected chi connectivity index (χ0v) is 22.3. The number of fused-ring (bicyclic) bond motifs is 2. The number of aromatic carboxylic acids is 1. The summed E-state index contributed by atoms with van der Waals surface area (Å²) >= 11 is 4.59. The van der Waals surface area contributed by atoms with E-state index in [4.69, 9.17) is 24.5 Å². The van der Waals surface area contributed by atoms with Crippen LogP contribution in [0.5, 0.6) is 11.5 Å². The lowest BCUT2D eigenvalue weighted by atomic mass is 10.1. The standard InChI is InChI=1S/C25H19N5O4S3/c1-12-19(27-22(35-12)14-4-6-15(7-5-14)24(31)32)11-34-20-9-16(33-3)8-17-21(20)37-23(26-17)18-10-30-25(28-18)36-13(2)29-30/h4-10H,11H2,1-3H3,(H,31,32). The number of nitrogens with zero attached hydrogens (tertiary/aromatic N) is 5. The maximum absolute atomic E-state index is 11.1. The number of ether oxygens (including phenoxy) is 2. The lowest BCUT2D eigenvalue weighted by Crippen LogP contribution is -1.98. The Hall–Kier alpha value is -3.87. The van der Waals surface area contributed by atoms with Gasteiger partial charge in [-0.3, -0.25) is 0 Å². The van der Waals surface area contributed by atoms with Gasteiger partial charge >= 0.3 is 5.97 Å². The zero-order valence-electron chi connectivity index (χ0n) is 19.9. The van der Waals surface area contributed by atoms with E-state index in [1.807, 2.05) is 32.2 Å². The molecule has 12 heteroatoms. The molecule has 0 saturated heterocycles. The molecule has 1 N–H and O–H groups in total. The van der Waals surface area contributed by atoms with E-state index in [2.05, 4.69) is 10.1 Å². The van der Waals surface area contributed by atoms with Crippen LogP contribution in [0, 0.1) is 13.8 Å². The summed E-state index contributed by atoms with van der Waals surface area (Å²) in [5.74, 6) is 0.357. The number of imidazole rings is 1. The summed E-state index contributed by atoms with van der Waals surface area (Å²) in [6.45, 7) is 4.22. The highest BCUT2D eigenvalue weighted by molar-refractivity contribution is 7.22. The fraction of sp³-hybridized carbons (Fsp3) is 0.160. The number of rotatable bonds is 7. The Balaban J connectivity index is 1.29. The van der Waals surface area contributed by atoms with Crippen LogP contribution in [0.3, 0.4) is 0 Å². The van der Waals surface area contributed by atoms with Crippen LogP contribution >= 0.6 is 34.0 Å². The van der Waals surface area contributed by atoms with Crippen LogP contribution in [-0.4, -0.2) is 42.8 Å². The first-order valence-corrected chi connectivity index (χ1v) is 13.6. The zero-order chi connectivity index (χ0) is 25.7. The lowest BCUT2D eigenvalue weighted by molar-refractivity contribution is 0.0697. The predicted molar refractivity (Wildman–Crippen MR) is 144 cm³/mol. The van der Waals surface area contributed by atoms with Crippen LogP contribution in [-0.2, 0) is 6.61 Å². The van der Waals surface area contributed by atoms with E-state index >= 15 is 0 Å². The Morgan fingerprint density at radius 1 is 1.03 bits per heavy atom.